The van der Waals surface area contributed by atoms with Gasteiger partial charge in [0.05, 0.1) is 34.9 Å². The lowest BCUT2D eigenvalue weighted by Gasteiger charge is -2.42. The fourth-order valence-corrected chi connectivity index (χ4v) is 4.64. The first-order valence-corrected chi connectivity index (χ1v) is 12.2. The number of hydrogen-bond donors (Lipinski definition) is 2. The van der Waals surface area contributed by atoms with E-state index < -0.39 is 35.1 Å². The van der Waals surface area contributed by atoms with Gasteiger partial charge in [-0.3, -0.25) is 0 Å². The highest BCUT2D eigenvalue weighted by molar-refractivity contribution is 5.52. The predicted octanol–water partition coefficient (Wildman–Crippen LogP) is 6.83. The van der Waals surface area contributed by atoms with Gasteiger partial charge < -0.3 is 15.4 Å². The molecule has 2 aromatic carbocycles. The normalized spacial score (nSPS) is 20.7. The molecule has 1 fully saturated rings. The number of nitrogens with zero attached hydrogens (tertiary/aromatic N) is 2. The lowest BCUT2D eigenvalue weighted by atomic mass is 9.81. The van der Waals surface area contributed by atoms with E-state index in [9.17, 15) is 31.6 Å². The van der Waals surface area contributed by atoms with Crippen molar-refractivity contribution in [3.63, 3.8) is 0 Å². The largest absolute Gasteiger partial charge is 0.416 e. The summed E-state index contributed by atoms with van der Waals surface area (Å²) in [6.45, 7) is 1.90. The molecule has 2 N–H and O–H groups in total. The average molecular weight is 549 g/mol. The minimum atomic E-state index is -4.94. The number of ether oxygens (including phenoxy) is 1. The molecule has 3 atom stereocenters. The molecule has 5 nitrogen and oxygen atoms in total. The van der Waals surface area contributed by atoms with Crippen molar-refractivity contribution in [1.82, 2.24) is 10.3 Å². The molecule has 0 aliphatic carbocycles. The number of aromatic nitrogens is 1. The van der Waals surface area contributed by atoms with Crippen LogP contribution in [0, 0.1) is 11.3 Å². The van der Waals surface area contributed by atoms with Crippen LogP contribution in [0.25, 0.3) is 0 Å². The molecule has 0 spiro atoms. The maximum Gasteiger partial charge on any atom is 0.416 e. The predicted molar refractivity (Wildman–Crippen MR) is 133 cm³/mol. The van der Waals surface area contributed by atoms with Gasteiger partial charge in [0, 0.05) is 18.8 Å². The molecule has 1 aromatic heterocycles. The first kappa shape index (κ1) is 28.4. The summed E-state index contributed by atoms with van der Waals surface area (Å²) in [5.41, 5.74) is -2.41. The number of nitrogens with one attached hydrogen (secondary N) is 2. The summed E-state index contributed by atoms with van der Waals surface area (Å²) in [5.74, 6) is 0.467. The van der Waals surface area contributed by atoms with E-state index >= 15 is 0 Å². The van der Waals surface area contributed by atoms with Crippen molar-refractivity contribution in [3.8, 4) is 6.07 Å². The molecule has 11 heteroatoms. The Morgan fingerprint density at radius 3 is 2.28 bits per heavy atom. The molecule has 1 aliphatic rings. The molecule has 206 valence electrons. The minimum Gasteiger partial charge on any atom is -0.372 e. The van der Waals surface area contributed by atoms with Crippen LogP contribution in [-0.2, 0) is 22.6 Å². The zero-order chi connectivity index (χ0) is 28.3. The summed E-state index contributed by atoms with van der Waals surface area (Å²) in [6, 6.07) is 16.2. The monoisotopic (exact) mass is 548 g/mol. The Hall–Kier alpha value is -3.62. The van der Waals surface area contributed by atoms with Crippen molar-refractivity contribution < 1.29 is 31.1 Å². The molecule has 0 bridgehead atoms. The van der Waals surface area contributed by atoms with Crippen LogP contribution in [-0.4, -0.2) is 24.2 Å². The van der Waals surface area contributed by atoms with Gasteiger partial charge in [-0.05, 0) is 61.2 Å². The summed E-state index contributed by atoms with van der Waals surface area (Å²) in [4.78, 5) is 4.23. The number of anilines is 1. The van der Waals surface area contributed by atoms with Crippen LogP contribution in [0.3, 0.4) is 0 Å². The van der Waals surface area contributed by atoms with Crippen LogP contribution in [0.4, 0.5) is 32.2 Å². The smallest absolute Gasteiger partial charge is 0.372 e. The molecule has 1 saturated heterocycles. The highest BCUT2D eigenvalue weighted by atomic mass is 19.4. The number of nitriles is 1. The van der Waals surface area contributed by atoms with Gasteiger partial charge in [-0.15, -0.1) is 0 Å². The summed E-state index contributed by atoms with van der Waals surface area (Å²) < 4.78 is 86.1. The number of rotatable bonds is 7. The van der Waals surface area contributed by atoms with E-state index in [1.807, 2.05) is 30.3 Å². The van der Waals surface area contributed by atoms with Gasteiger partial charge >= 0.3 is 12.4 Å². The number of piperidine rings is 1. The second-order valence-corrected chi connectivity index (χ2v) is 9.51. The molecule has 39 heavy (non-hydrogen) atoms. The van der Waals surface area contributed by atoms with Crippen LogP contribution in [0.15, 0.2) is 66.9 Å². The number of hydrogen-bond acceptors (Lipinski definition) is 5. The second kappa shape index (κ2) is 11.2. The molecule has 4 rings (SSSR count). The van der Waals surface area contributed by atoms with Gasteiger partial charge in [0.1, 0.15) is 11.9 Å². The topological polar surface area (TPSA) is 70.0 Å². The number of halogens is 6. The molecule has 0 amide bonds. The van der Waals surface area contributed by atoms with Crippen molar-refractivity contribution in [1.29, 1.82) is 5.26 Å². The molecule has 2 heterocycles. The lowest BCUT2D eigenvalue weighted by Crippen LogP contribution is -2.55. The van der Waals surface area contributed by atoms with E-state index in [0.29, 0.717) is 42.9 Å². The van der Waals surface area contributed by atoms with Gasteiger partial charge in [0.2, 0.25) is 0 Å². The maximum absolute atomic E-state index is 13.4. The molecule has 0 unspecified atom stereocenters. The first-order valence-electron chi connectivity index (χ1n) is 12.2. The summed E-state index contributed by atoms with van der Waals surface area (Å²) in [7, 11) is 0. The van der Waals surface area contributed by atoms with Crippen molar-refractivity contribution in [3.05, 3.63) is 94.7 Å². The van der Waals surface area contributed by atoms with Crippen LogP contribution in [0.1, 0.15) is 53.7 Å². The van der Waals surface area contributed by atoms with Crippen LogP contribution in [0.5, 0.6) is 0 Å². The zero-order valence-electron chi connectivity index (χ0n) is 20.9. The third-order valence-corrected chi connectivity index (χ3v) is 6.86. The number of alkyl halides is 6. The second-order valence-electron chi connectivity index (χ2n) is 9.51. The van der Waals surface area contributed by atoms with E-state index in [-0.39, 0.29) is 24.3 Å². The van der Waals surface area contributed by atoms with Gasteiger partial charge in [-0.25, -0.2) is 4.98 Å². The number of pyridine rings is 1. The first-order chi connectivity index (χ1) is 18.4. The maximum atomic E-state index is 13.4. The highest BCUT2D eigenvalue weighted by Gasteiger charge is 2.39. The standard InChI is InChI=1S/C28H26F6N4O/c1-18(20-12-22(27(29,30)31)14-23(13-20)28(32,33)34)39-17-26(21-7-3-2-4-8-21)10-9-24(16-37-26)38-25-19(15-35)6-5-11-36-25/h2-8,11-14,18,24,37H,9-10,16-17H2,1H3,(H,36,38)/t18-,24+,26-/m1/s1. The summed E-state index contributed by atoms with van der Waals surface area (Å²) in [6.07, 6.45) is -8.14. The average Bonchev–Trinajstić information content (AvgIpc) is 2.92. The Balaban J connectivity index is 1.54. The van der Waals surface area contributed by atoms with Crippen molar-refractivity contribution in [2.24, 2.45) is 0 Å². The van der Waals surface area contributed by atoms with E-state index in [1.54, 1.807) is 18.3 Å². The molecule has 0 saturated carbocycles. The van der Waals surface area contributed by atoms with Crippen LogP contribution >= 0.6 is 0 Å². The van der Waals surface area contributed by atoms with Gasteiger partial charge in [0.25, 0.3) is 0 Å². The minimum absolute atomic E-state index is 0.00945. The van der Waals surface area contributed by atoms with Crippen molar-refractivity contribution in [2.45, 2.75) is 49.8 Å². The third kappa shape index (κ3) is 6.69. The highest BCUT2D eigenvalue weighted by Crippen LogP contribution is 2.39. The fourth-order valence-electron chi connectivity index (χ4n) is 4.64. The van der Waals surface area contributed by atoms with Crippen LogP contribution in [0.2, 0.25) is 0 Å². The molecule has 1 aliphatic heterocycles. The Labute approximate surface area is 221 Å². The Morgan fingerprint density at radius 1 is 1.05 bits per heavy atom. The van der Waals surface area contributed by atoms with Gasteiger partial charge in [0.15, 0.2) is 0 Å². The van der Waals surface area contributed by atoms with Crippen LogP contribution < -0.4 is 10.6 Å². The van der Waals surface area contributed by atoms with E-state index in [4.69, 9.17) is 4.74 Å². The molecular weight excluding hydrogens is 522 g/mol. The number of benzene rings is 2. The molecular formula is C28H26F6N4O. The lowest BCUT2D eigenvalue weighted by molar-refractivity contribution is -0.143. The zero-order valence-corrected chi connectivity index (χ0v) is 20.9. The van der Waals surface area contributed by atoms with E-state index in [0.717, 1.165) is 5.56 Å². The van der Waals surface area contributed by atoms with Gasteiger partial charge in [-0.2, -0.15) is 31.6 Å². The van der Waals surface area contributed by atoms with E-state index in [1.165, 1.54) is 6.92 Å². The summed E-state index contributed by atoms with van der Waals surface area (Å²) in [5, 5.41) is 16.1. The van der Waals surface area contributed by atoms with Crippen molar-refractivity contribution in [2.75, 3.05) is 18.5 Å². The third-order valence-electron chi connectivity index (χ3n) is 6.86. The SMILES string of the molecule is C[C@@H](OC[C@@]1(c2ccccc2)CC[C@H](Nc2ncccc2C#N)CN1)c1cc(C(F)(F)F)cc(C(F)(F)F)c1. The Bertz CT molecular complexity index is 1280. The fraction of sp³-hybridized carbons (Fsp3) is 0.357. The molecule has 3 aromatic rings. The van der Waals surface area contributed by atoms with E-state index in [2.05, 4.69) is 21.7 Å². The molecule has 0 radical (unpaired) electrons. The quantitative estimate of drug-likeness (QED) is 0.317. The van der Waals surface area contributed by atoms with Crippen molar-refractivity contribution >= 4 is 5.82 Å². The Kier molecular flexibility index (Phi) is 8.18. The Morgan fingerprint density at radius 2 is 1.72 bits per heavy atom. The van der Waals surface area contributed by atoms with Gasteiger partial charge in [-0.1, -0.05) is 30.3 Å². The summed E-state index contributed by atoms with van der Waals surface area (Å²) >= 11 is 0.